The van der Waals surface area contributed by atoms with Crippen LogP contribution in [0.3, 0.4) is 0 Å². The van der Waals surface area contributed by atoms with Crippen molar-refractivity contribution in [2.24, 2.45) is 11.7 Å². The molecule has 1 aliphatic heterocycles. The molecule has 0 amide bonds. The van der Waals surface area contributed by atoms with Crippen LogP contribution in [0.25, 0.3) is 0 Å². The van der Waals surface area contributed by atoms with Gasteiger partial charge in [-0.15, -0.1) is 0 Å². The standard InChI is InChI=1S/C11H22N2O/c1-9-3-2-6-13(9)8-11(14,7-12)10-4-5-10/h9-10,14H,2-8,12H2,1H3. The molecular formula is C11H22N2O. The van der Waals surface area contributed by atoms with E-state index in [1.54, 1.807) is 0 Å². The van der Waals surface area contributed by atoms with Gasteiger partial charge in [-0.05, 0) is 45.1 Å². The number of aliphatic hydroxyl groups is 1. The lowest BCUT2D eigenvalue weighted by Gasteiger charge is -2.33. The van der Waals surface area contributed by atoms with Gasteiger partial charge in [0.1, 0.15) is 0 Å². The summed E-state index contributed by atoms with van der Waals surface area (Å²) >= 11 is 0. The van der Waals surface area contributed by atoms with Crippen molar-refractivity contribution in [1.82, 2.24) is 4.90 Å². The molecule has 2 unspecified atom stereocenters. The van der Waals surface area contributed by atoms with Crippen LogP contribution in [0.4, 0.5) is 0 Å². The van der Waals surface area contributed by atoms with Gasteiger partial charge in [-0.2, -0.15) is 0 Å². The molecule has 3 nitrogen and oxygen atoms in total. The normalized spacial score (nSPS) is 33.2. The lowest BCUT2D eigenvalue weighted by atomic mass is 9.97. The number of β-amino-alcohol motifs (C(OH)–C–C–N with tert-alkyl or cyclic N) is 1. The Labute approximate surface area is 86.3 Å². The predicted octanol–water partition coefficient (Wildman–Crippen LogP) is 0.570. The Morgan fingerprint density at radius 1 is 1.43 bits per heavy atom. The van der Waals surface area contributed by atoms with Crippen molar-refractivity contribution >= 4 is 0 Å². The Morgan fingerprint density at radius 3 is 2.57 bits per heavy atom. The van der Waals surface area contributed by atoms with E-state index >= 15 is 0 Å². The molecule has 14 heavy (non-hydrogen) atoms. The summed E-state index contributed by atoms with van der Waals surface area (Å²) < 4.78 is 0. The topological polar surface area (TPSA) is 49.5 Å². The van der Waals surface area contributed by atoms with Crippen molar-refractivity contribution in [3.8, 4) is 0 Å². The molecule has 2 rings (SSSR count). The zero-order valence-corrected chi connectivity index (χ0v) is 9.08. The van der Waals surface area contributed by atoms with E-state index < -0.39 is 5.60 Å². The Kier molecular flexibility index (Phi) is 2.82. The smallest absolute Gasteiger partial charge is 0.0923 e. The van der Waals surface area contributed by atoms with Crippen molar-refractivity contribution < 1.29 is 5.11 Å². The van der Waals surface area contributed by atoms with Crippen molar-refractivity contribution in [3.05, 3.63) is 0 Å². The van der Waals surface area contributed by atoms with Crippen LogP contribution in [0.5, 0.6) is 0 Å². The lowest BCUT2D eigenvalue weighted by Crippen LogP contribution is -2.50. The van der Waals surface area contributed by atoms with E-state index in [2.05, 4.69) is 11.8 Å². The van der Waals surface area contributed by atoms with E-state index in [1.807, 2.05) is 0 Å². The summed E-state index contributed by atoms with van der Waals surface area (Å²) in [4.78, 5) is 2.39. The first-order chi connectivity index (χ1) is 6.65. The highest BCUT2D eigenvalue weighted by Crippen LogP contribution is 2.40. The zero-order chi connectivity index (χ0) is 10.2. The molecule has 1 saturated carbocycles. The fourth-order valence-corrected chi connectivity index (χ4v) is 2.56. The Balaban J connectivity index is 1.93. The molecule has 0 aromatic carbocycles. The Hall–Kier alpha value is -0.120. The van der Waals surface area contributed by atoms with Crippen LogP contribution in [0.2, 0.25) is 0 Å². The molecule has 0 aromatic heterocycles. The molecule has 2 fully saturated rings. The maximum absolute atomic E-state index is 10.4. The minimum atomic E-state index is -0.599. The number of nitrogens with zero attached hydrogens (tertiary/aromatic N) is 1. The summed E-state index contributed by atoms with van der Waals surface area (Å²) in [6.07, 6.45) is 4.86. The second kappa shape index (κ2) is 3.80. The Morgan fingerprint density at radius 2 is 2.14 bits per heavy atom. The maximum Gasteiger partial charge on any atom is 0.0923 e. The SMILES string of the molecule is CC1CCCN1CC(O)(CN)C1CC1. The van der Waals surface area contributed by atoms with Gasteiger partial charge < -0.3 is 10.8 Å². The van der Waals surface area contributed by atoms with Gasteiger partial charge in [0.25, 0.3) is 0 Å². The summed E-state index contributed by atoms with van der Waals surface area (Å²) in [5, 5.41) is 10.4. The summed E-state index contributed by atoms with van der Waals surface area (Å²) in [5.41, 5.74) is 5.10. The second-order valence-electron chi connectivity index (χ2n) is 5.04. The van der Waals surface area contributed by atoms with Crippen molar-refractivity contribution in [1.29, 1.82) is 0 Å². The van der Waals surface area contributed by atoms with Gasteiger partial charge in [-0.3, -0.25) is 4.90 Å². The minimum Gasteiger partial charge on any atom is -0.387 e. The first-order valence-electron chi connectivity index (χ1n) is 5.82. The lowest BCUT2D eigenvalue weighted by molar-refractivity contribution is -0.00994. The monoisotopic (exact) mass is 198 g/mol. The highest BCUT2D eigenvalue weighted by Gasteiger charge is 2.44. The molecule has 0 spiro atoms. The molecule has 2 aliphatic rings. The van der Waals surface area contributed by atoms with Crippen LogP contribution in [0, 0.1) is 5.92 Å². The average molecular weight is 198 g/mol. The predicted molar refractivity (Wildman–Crippen MR) is 57.0 cm³/mol. The van der Waals surface area contributed by atoms with Crippen LogP contribution in [0.15, 0.2) is 0 Å². The van der Waals surface area contributed by atoms with Crippen molar-refractivity contribution in [3.63, 3.8) is 0 Å². The zero-order valence-electron chi connectivity index (χ0n) is 9.08. The van der Waals surface area contributed by atoms with Crippen molar-refractivity contribution in [2.75, 3.05) is 19.6 Å². The quantitative estimate of drug-likeness (QED) is 0.694. The minimum absolute atomic E-state index is 0.418. The third-order valence-electron chi connectivity index (χ3n) is 3.86. The molecule has 0 bridgehead atoms. The van der Waals surface area contributed by atoms with Crippen molar-refractivity contribution in [2.45, 2.75) is 44.2 Å². The fraction of sp³-hybridized carbons (Fsp3) is 1.00. The molecule has 2 atom stereocenters. The summed E-state index contributed by atoms with van der Waals surface area (Å²) in [7, 11) is 0. The Bertz CT molecular complexity index is 205. The maximum atomic E-state index is 10.4. The van der Waals surface area contributed by atoms with Gasteiger partial charge in [0.05, 0.1) is 5.60 Å². The van der Waals surface area contributed by atoms with Gasteiger partial charge in [0.2, 0.25) is 0 Å². The van der Waals surface area contributed by atoms with Gasteiger partial charge in [-0.25, -0.2) is 0 Å². The van der Waals surface area contributed by atoms with E-state index in [1.165, 1.54) is 12.8 Å². The van der Waals surface area contributed by atoms with Gasteiger partial charge in [-0.1, -0.05) is 0 Å². The molecule has 0 aromatic rings. The second-order valence-corrected chi connectivity index (χ2v) is 5.04. The summed E-state index contributed by atoms with van der Waals surface area (Å²) in [6, 6.07) is 0.631. The number of hydrogen-bond acceptors (Lipinski definition) is 3. The molecule has 1 aliphatic carbocycles. The van der Waals surface area contributed by atoms with Gasteiger partial charge >= 0.3 is 0 Å². The van der Waals surface area contributed by atoms with Gasteiger partial charge in [0.15, 0.2) is 0 Å². The van der Waals surface area contributed by atoms with E-state index in [4.69, 9.17) is 5.73 Å². The van der Waals surface area contributed by atoms with Crippen LogP contribution < -0.4 is 5.73 Å². The number of nitrogens with two attached hydrogens (primary N) is 1. The van der Waals surface area contributed by atoms with Crippen LogP contribution in [-0.4, -0.2) is 41.3 Å². The third kappa shape index (κ3) is 1.95. The third-order valence-corrected chi connectivity index (χ3v) is 3.86. The van der Waals surface area contributed by atoms with E-state index in [0.29, 0.717) is 18.5 Å². The number of likely N-dealkylation sites (tertiary alicyclic amines) is 1. The largest absolute Gasteiger partial charge is 0.387 e. The first-order valence-corrected chi connectivity index (χ1v) is 5.82. The molecule has 3 N–H and O–H groups in total. The molecular weight excluding hydrogens is 176 g/mol. The summed E-state index contributed by atoms with van der Waals surface area (Å²) in [6.45, 7) is 4.59. The molecule has 82 valence electrons. The highest BCUT2D eigenvalue weighted by molar-refractivity contribution is 4.98. The van der Waals surface area contributed by atoms with E-state index in [0.717, 1.165) is 25.9 Å². The van der Waals surface area contributed by atoms with Crippen LogP contribution in [0.1, 0.15) is 32.6 Å². The average Bonchev–Trinajstić information content (AvgIpc) is 2.95. The molecule has 3 heteroatoms. The van der Waals surface area contributed by atoms with E-state index in [-0.39, 0.29) is 0 Å². The van der Waals surface area contributed by atoms with E-state index in [9.17, 15) is 5.11 Å². The molecule has 1 heterocycles. The van der Waals surface area contributed by atoms with Gasteiger partial charge in [0, 0.05) is 19.1 Å². The van der Waals surface area contributed by atoms with Crippen LogP contribution in [-0.2, 0) is 0 Å². The van der Waals surface area contributed by atoms with Crippen LogP contribution >= 0.6 is 0 Å². The highest BCUT2D eigenvalue weighted by atomic mass is 16.3. The summed E-state index contributed by atoms with van der Waals surface area (Å²) in [5.74, 6) is 0.472. The fourth-order valence-electron chi connectivity index (χ4n) is 2.56. The number of hydrogen-bond donors (Lipinski definition) is 2. The number of rotatable bonds is 4. The molecule has 1 saturated heterocycles. The first kappa shape index (κ1) is 10.4. The molecule has 0 radical (unpaired) electrons.